The fourth-order valence-electron chi connectivity index (χ4n) is 2.45. The molecule has 2 N–H and O–H groups in total. The largest absolute Gasteiger partial charge is 0.417 e. The minimum Gasteiger partial charge on any atom is -0.375 e. The molecule has 0 bridgehead atoms. The second-order valence-corrected chi connectivity index (χ2v) is 5.70. The van der Waals surface area contributed by atoms with Crippen LogP contribution in [0.1, 0.15) is 18.9 Å². The second-order valence-electron chi connectivity index (χ2n) is 5.70. The quantitative estimate of drug-likeness (QED) is 0.741. The van der Waals surface area contributed by atoms with Gasteiger partial charge >= 0.3 is 6.18 Å². The second kappa shape index (κ2) is 6.89. The zero-order valence-corrected chi connectivity index (χ0v) is 13.5. The Hall–Kier alpha value is -2.94. The summed E-state index contributed by atoms with van der Waals surface area (Å²) in [6, 6.07) is 10.1. The molecule has 0 saturated carbocycles. The van der Waals surface area contributed by atoms with Gasteiger partial charge in [-0.2, -0.15) is 13.2 Å². The van der Waals surface area contributed by atoms with E-state index in [2.05, 4.69) is 27.1 Å². The lowest BCUT2D eigenvalue weighted by Crippen LogP contribution is -2.22. The van der Waals surface area contributed by atoms with Gasteiger partial charge in [0.2, 0.25) is 0 Å². The van der Waals surface area contributed by atoms with Crippen molar-refractivity contribution >= 4 is 17.2 Å². The van der Waals surface area contributed by atoms with Crippen molar-refractivity contribution in [3.63, 3.8) is 0 Å². The minimum atomic E-state index is -4.45. The monoisotopic (exact) mass is 343 g/mol. The van der Waals surface area contributed by atoms with Crippen LogP contribution in [0, 0.1) is 0 Å². The first-order valence-electron chi connectivity index (χ1n) is 7.76. The van der Waals surface area contributed by atoms with E-state index in [9.17, 15) is 13.2 Å². The Morgan fingerprint density at radius 3 is 2.64 bits per heavy atom. The van der Waals surface area contributed by atoms with Crippen LogP contribution in [0.5, 0.6) is 0 Å². The topological polar surface area (TPSA) is 37.0 Å². The Bertz CT molecular complexity index is 859. The molecule has 0 saturated heterocycles. The van der Waals surface area contributed by atoms with Crippen molar-refractivity contribution in [2.75, 3.05) is 10.6 Å². The highest BCUT2D eigenvalue weighted by atomic mass is 19.4. The molecule has 3 nitrogen and oxygen atoms in total. The molecule has 1 unspecified atom stereocenters. The van der Waals surface area contributed by atoms with Crippen molar-refractivity contribution < 1.29 is 13.2 Å². The molecule has 0 fully saturated rings. The van der Waals surface area contributed by atoms with E-state index in [0.29, 0.717) is 17.9 Å². The number of benzene rings is 1. The number of hydrogen-bond donors (Lipinski definition) is 2. The van der Waals surface area contributed by atoms with Crippen LogP contribution in [-0.4, -0.2) is 11.0 Å². The SMILES string of the molecule is CC1=C=C=CCC1Nc1cc(C(F)(F)F)cnc1Nc1ccccc1. The van der Waals surface area contributed by atoms with E-state index in [0.717, 1.165) is 23.5 Å². The maximum atomic E-state index is 13.1. The van der Waals surface area contributed by atoms with Gasteiger partial charge in [0.25, 0.3) is 0 Å². The lowest BCUT2D eigenvalue weighted by Gasteiger charge is -2.22. The first kappa shape index (κ1) is 16.9. The number of rotatable bonds is 4. The highest BCUT2D eigenvalue weighted by Crippen LogP contribution is 2.34. The van der Waals surface area contributed by atoms with E-state index in [-0.39, 0.29) is 6.04 Å². The molecule has 0 amide bonds. The first-order chi connectivity index (χ1) is 11.9. The molecule has 128 valence electrons. The zero-order valence-electron chi connectivity index (χ0n) is 13.5. The van der Waals surface area contributed by atoms with E-state index >= 15 is 0 Å². The molecule has 0 spiro atoms. The fraction of sp³-hybridized carbons (Fsp3) is 0.211. The van der Waals surface area contributed by atoms with Crippen molar-refractivity contribution in [1.29, 1.82) is 0 Å². The molecule has 25 heavy (non-hydrogen) atoms. The normalized spacial score (nSPS) is 16.5. The molecule has 6 heteroatoms. The van der Waals surface area contributed by atoms with Gasteiger partial charge < -0.3 is 10.6 Å². The van der Waals surface area contributed by atoms with Gasteiger partial charge in [0.05, 0.1) is 17.3 Å². The van der Waals surface area contributed by atoms with E-state index in [1.54, 1.807) is 6.08 Å². The van der Waals surface area contributed by atoms with E-state index < -0.39 is 11.7 Å². The molecular weight excluding hydrogens is 327 g/mol. The third-order valence-electron chi connectivity index (χ3n) is 3.83. The molecule has 1 atom stereocenters. The standard InChI is InChI=1S/C19H16F3N3/c1-13-7-5-6-10-16(13)25-17-11-14(19(20,21)22)12-23-18(17)24-15-8-3-2-4-9-15/h2-4,6,8-9,11-12,16,25H,10H2,1H3,(H,23,24). The highest BCUT2D eigenvalue weighted by molar-refractivity contribution is 5.72. The van der Waals surface area contributed by atoms with Crippen molar-refractivity contribution in [2.45, 2.75) is 25.6 Å². The van der Waals surface area contributed by atoms with Gasteiger partial charge in [0, 0.05) is 11.9 Å². The van der Waals surface area contributed by atoms with E-state index in [1.807, 2.05) is 37.3 Å². The number of alkyl halides is 3. The Morgan fingerprint density at radius 1 is 1.20 bits per heavy atom. The van der Waals surface area contributed by atoms with Gasteiger partial charge in [0.1, 0.15) is 0 Å². The van der Waals surface area contributed by atoms with E-state index in [1.165, 1.54) is 0 Å². The number of para-hydroxylation sites is 1. The summed E-state index contributed by atoms with van der Waals surface area (Å²) in [6.07, 6.45) is -1.19. The van der Waals surface area contributed by atoms with Crippen LogP contribution >= 0.6 is 0 Å². The molecule has 1 aromatic carbocycles. The van der Waals surface area contributed by atoms with Gasteiger partial charge in [-0.1, -0.05) is 29.7 Å². The molecule has 1 aromatic heterocycles. The molecule has 1 aliphatic carbocycles. The third kappa shape index (κ3) is 4.13. The van der Waals surface area contributed by atoms with Crippen molar-refractivity contribution in [2.24, 2.45) is 0 Å². The average molecular weight is 343 g/mol. The van der Waals surface area contributed by atoms with Gasteiger partial charge in [-0.15, -0.1) is 0 Å². The molecule has 0 aliphatic heterocycles. The van der Waals surface area contributed by atoms with Gasteiger partial charge in [0.15, 0.2) is 5.82 Å². The highest BCUT2D eigenvalue weighted by Gasteiger charge is 2.32. The van der Waals surface area contributed by atoms with Crippen LogP contribution in [0.25, 0.3) is 0 Å². The predicted octanol–water partition coefficient (Wildman–Crippen LogP) is 5.28. The third-order valence-corrected chi connectivity index (χ3v) is 3.83. The first-order valence-corrected chi connectivity index (χ1v) is 7.76. The summed E-state index contributed by atoms with van der Waals surface area (Å²) in [4.78, 5) is 3.98. The number of halogens is 3. The minimum absolute atomic E-state index is 0.150. The number of pyridine rings is 1. The van der Waals surface area contributed by atoms with Crippen LogP contribution in [-0.2, 0) is 6.18 Å². The summed E-state index contributed by atoms with van der Waals surface area (Å²) in [5, 5.41) is 6.20. The number of nitrogens with one attached hydrogen (secondary N) is 2. The molecular formula is C19H16F3N3. The fourth-order valence-corrected chi connectivity index (χ4v) is 2.45. The van der Waals surface area contributed by atoms with Crippen molar-refractivity contribution in [1.82, 2.24) is 4.98 Å². The van der Waals surface area contributed by atoms with E-state index in [4.69, 9.17) is 0 Å². The van der Waals surface area contributed by atoms with Gasteiger partial charge in [-0.3, -0.25) is 0 Å². The Balaban J connectivity index is 1.95. The number of anilines is 3. The maximum Gasteiger partial charge on any atom is 0.417 e. The summed E-state index contributed by atoms with van der Waals surface area (Å²) >= 11 is 0. The van der Waals surface area contributed by atoms with Gasteiger partial charge in [-0.25, -0.2) is 4.98 Å². The molecule has 2 aromatic rings. The number of aromatic nitrogens is 1. The predicted molar refractivity (Wildman–Crippen MR) is 91.8 cm³/mol. The van der Waals surface area contributed by atoms with Crippen molar-refractivity contribution in [3.05, 3.63) is 71.3 Å². The van der Waals surface area contributed by atoms with Crippen LogP contribution in [0.3, 0.4) is 0 Å². The summed E-state index contributed by atoms with van der Waals surface area (Å²) in [6.45, 7) is 1.86. The Labute approximate surface area is 143 Å². The molecule has 0 radical (unpaired) electrons. The summed E-state index contributed by atoms with van der Waals surface area (Å²) in [5.74, 6) is 0.338. The molecule has 1 aliphatic rings. The van der Waals surface area contributed by atoms with Crippen molar-refractivity contribution in [3.8, 4) is 0 Å². The molecule has 1 heterocycles. The number of hydrogen-bond acceptors (Lipinski definition) is 3. The van der Waals surface area contributed by atoms with Gasteiger partial charge in [-0.05, 0) is 43.2 Å². The molecule has 3 rings (SSSR count). The van der Waals surface area contributed by atoms with Crippen LogP contribution in [0.4, 0.5) is 30.4 Å². The summed E-state index contributed by atoms with van der Waals surface area (Å²) in [5.41, 5.74) is 6.95. The Kier molecular flexibility index (Phi) is 4.66. The lowest BCUT2D eigenvalue weighted by atomic mass is 10.0. The summed E-state index contributed by atoms with van der Waals surface area (Å²) < 4.78 is 39.2. The Morgan fingerprint density at radius 2 is 1.96 bits per heavy atom. The zero-order chi connectivity index (χ0) is 17.9. The lowest BCUT2D eigenvalue weighted by molar-refractivity contribution is -0.137. The smallest absolute Gasteiger partial charge is 0.375 e. The van der Waals surface area contributed by atoms with Crippen LogP contribution < -0.4 is 10.6 Å². The average Bonchev–Trinajstić information content (AvgIpc) is 2.58. The van der Waals surface area contributed by atoms with Crippen LogP contribution in [0.15, 0.2) is 65.7 Å². The maximum absolute atomic E-state index is 13.1. The number of nitrogens with zero attached hydrogens (tertiary/aromatic N) is 1. The summed E-state index contributed by atoms with van der Waals surface area (Å²) in [7, 11) is 0. The van der Waals surface area contributed by atoms with Crippen LogP contribution in [0.2, 0.25) is 0 Å².